The van der Waals surface area contributed by atoms with Crippen molar-refractivity contribution in [1.29, 1.82) is 0 Å². The molecule has 0 aromatic carbocycles. The maximum atomic E-state index is 4.74. The minimum atomic E-state index is 0.455. The van der Waals surface area contributed by atoms with Crippen LogP contribution >= 0.6 is 11.8 Å². The van der Waals surface area contributed by atoms with Gasteiger partial charge < -0.3 is 10.6 Å². The van der Waals surface area contributed by atoms with Crippen molar-refractivity contribution < 1.29 is 0 Å². The van der Waals surface area contributed by atoms with Gasteiger partial charge in [0.25, 0.3) is 0 Å². The average molecular weight is 278 g/mol. The summed E-state index contributed by atoms with van der Waals surface area (Å²) in [4.78, 5) is 9.36. The van der Waals surface area contributed by atoms with Crippen LogP contribution in [-0.4, -0.2) is 34.6 Å². The third-order valence-electron chi connectivity index (χ3n) is 4.16. The number of nitrogens with zero attached hydrogens (tertiary/aromatic N) is 2. The smallest absolute Gasteiger partial charge is 0.136 e. The average Bonchev–Trinajstić information content (AvgIpc) is 3.30. The molecular weight excluding hydrogens is 256 g/mol. The van der Waals surface area contributed by atoms with E-state index in [1.165, 1.54) is 25.7 Å². The van der Waals surface area contributed by atoms with Gasteiger partial charge in [0.2, 0.25) is 0 Å². The molecule has 0 amide bonds. The van der Waals surface area contributed by atoms with Gasteiger partial charge in [-0.1, -0.05) is 0 Å². The number of aromatic nitrogens is 2. The van der Waals surface area contributed by atoms with Crippen molar-refractivity contribution in [3.8, 4) is 0 Å². The summed E-state index contributed by atoms with van der Waals surface area (Å²) in [6, 6.07) is 0. The van der Waals surface area contributed by atoms with E-state index in [1.807, 2.05) is 18.8 Å². The first-order valence-corrected chi connectivity index (χ1v) is 8.25. The Morgan fingerprint density at radius 2 is 1.95 bits per heavy atom. The molecule has 3 rings (SSSR count). The first-order chi connectivity index (χ1) is 9.17. The molecule has 0 bridgehead atoms. The van der Waals surface area contributed by atoms with Crippen molar-refractivity contribution in [3.05, 3.63) is 11.4 Å². The molecule has 4 nitrogen and oxygen atoms in total. The van der Waals surface area contributed by atoms with Crippen molar-refractivity contribution in [1.82, 2.24) is 9.97 Å². The van der Waals surface area contributed by atoms with Crippen molar-refractivity contribution in [2.45, 2.75) is 43.3 Å². The van der Waals surface area contributed by atoms with Gasteiger partial charge in [0.1, 0.15) is 17.5 Å². The van der Waals surface area contributed by atoms with Gasteiger partial charge in [-0.15, -0.1) is 0 Å². The second-order valence-electron chi connectivity index (χ2n) is 5.67. The minimum absolute atomic E-state index is 0.455. The van der Waals surface area contributed by atoms with E-state index in [9.17, 15) is 0 Å². The molecule has 1 aromatic heterocycles. The van der Waals surface area contributed by atoms with E-state index in [1.54, 1.807) is 0 Å². The summed E-state index contributed by atoms with van der Waals surface area (Å²) in [6.07, 6.45) is 7.32. The molecule has 5 heteroatoms. The second kappa shape index (κ2) is 4.85. The van der Waals surface area contributed by atoms with Gasteiger partial charge in [-0.2, -0.15) is 11.8 Å². The SMILES string of the molecule is CNc1nc(C2CC2)nc(NCC2(SC)CC2)c1C. The number of hydrogen-bond donors (Lipinski definition) is 2. The van der Waals surface area contributed by atoms with E-state index in [0.717, 1.165) is 29.6 Å². The van der Waals surface area contributed by atoms with E-state index in [4.69, 9.17) is 4.98 Å². The lowest BCUT2D eigenvalue weighted by atomic mass is 10.2. The fourth-order valence-corrected chi connectivity index (χ4v) is 3.04. The first-order valence-electron chi connectivity index (χ1n) is 7.03. The summed E-state index contributed by atoms with van der Waals surface area (Å²) in [7, 11) is 1.93. The van der Waals surface area contributed by atoms with E-state index in [0.29, 0.717) is 10.7 Å². The topological polar surface area (TPSA) is 49.8 Å². The molecule has 19 heavy (non-hydrogen) atoms. The minimum Gasteiger partial charge on any atom is -0.373 e. The van der Waals surface area contributed by atoms with Crippen LogP contribution in [0.4, 0.5) is 11.6 Å². The Labute approximate surface area is 119 Å². The van der Waals surface area contributed by atoms with Gasteiger partial charge in [0.15, 0.2) is 0 Å². The monoisotopic (exact) mass is 278 g/mol. The Balaban J connectivity index is 1.80. The summed E-state index contributed by atoms with van der Waals surface area (Å²) in [5.41, 5.74) is 1.13. The third kappa shape index (κ3) is 2.66. The van der Waals surface area contributed by atoms with Gasteiger partial charge in [0, 0.05) is 29.8 Å². The highest BCUT2D eigenvalue weighted by molar-refractivity contribution is 8.00. The van der Waals surface area contributed by atoms with Crippen LogP contribution in [0.1, 0.15) is 43.0 Å². The van der Waals surface area contributed by atoms with Gasteiger partial charge in [-0.25, -0.2) is 9.97 Å². The van der Waals surface area contributed by atoms with Crippen molar-refractivity contribution >= 4 is 23.4 Å². The van der Waals surface area contributed by atoms with Gasteiger partial charge in [0.05, 0.1) is 0 Å². The van der Waals surface area contributed by atoms with Crippen LogP contribution in [0.5, 0.6) is 0 Å². The number of nitrogens with one attached hydrogen (secondary N) is 2. The van der Waals surface area contributed by atoms with Crippen molar-refractivity contribution in [3.63, 3.8) is 0 Å². The maximum Gasteiger partial charge on any atom is 0.136 e. The van der Waals surface area contributed by atoms with Crippen LogP contribution in [0.2, 0.25) is 0 Å². The van der Waals surface area contributed by atoms with Crippen LogP contribution in [0, 0.1) is 6.92 Å². The fourth-order valence-electron chi connectivity index (χ4n) is 2.31. The number of hydrogen-bond acceptors (Lipinski definition) is 5. The predicted octanol–water partition coefficient (Wildman–Crippen LogP) is 3.01. The summed E-state index contributed by atoms with van der Waals surface area (Å²) in [5, 5.41) is 6.74. The molecular formula is C14H22N4S. The van der Waals surface area contributed by atoms with Crippen LogP contribution in [0.25, 0.3) is 0 Å². The first kappa shape index (κ1) is 13.0. The predicted molar refractivity (Wildman–Crippen MR) is 82.3 cm³/mol. The van der Waals surface area contributed by atoms with Crippen LogP contribution < -0.4 is 10.6 Å². The fraction of sp³-hybridized carbons (Fsp3) is 0.714. The van der Waals surface area contributed by atoms with E-state index in [2.05, 4.69) is 28.8 Å². The van der Waals surface area contributed by atoms with Crippen LogP contribution in [0.3, 0.4) is 0 Å². The molecule has 0 radical (unpaired) electrons. The highest BCUT2D eigenvalue weighted by Gasteiger charge is 2.41. The van der Waals surface area contributed by atoms with Crippen molar-refractivity contribution in [2.24, 2.45) is 0 Å². The molecule has 1 heterocycles. The second-order valence-corrected chi connectivity index (χ2v) is 6.94. The Morgan fingerprint density at radius 1 is 1.26 bits per heavy atom. The zero-order valence-electron chi connectivity index (χ0n) is 11.9. The third-order valence-corrected chi connectivity index (χ3v) is 5.58. The van der Waals surface area contributed by atoms with E-state index in [-0.39, 0.29) is 0 Å². The molecule has 2 saturated carbocycles. The zero-order chi connectivity index (χ0) is 13.5. The summed E-state index contributed by atoms with van der Waals surface area (Å²) >= 11 is 1.97. The highest BCUT2D eigenvalue weighted by atomic mass is 32.2. The lowest BCUT2D eigenvalue weighted by Crippen LogP contribution is -2.19. The van der Waals surface area contributed by atoms with Gasteiger partial charge in [-0.3, -0.25) is 0 Å². The Hall–Kier alpha value is -0.970. The normalized spacial score (nSPS) is 20.2. The molecule has 0 spiro atoms. The number of rotatable bonds is 6. The molecule has 1 aromatic rings. The zero-order valence-corrected chi connectivity index (χ0v) is 12.7. The Kier molecular flexibility index (Phi) is 3.33. The summed E-state index contributed by atoms with van der Waals surface area (Å²) in [6.45, 7) is 3.10. The van der Waals surface area contributed by atoms with E-state index >= 15 is 0 Å². The largest absolute Gasteiger partial charge is 0.373 e. The van der Waals surface area contributed by atoms with E-state index < -0.39 is 0 Å². The molecule has 0 saturated heterocycles. The molecule has 0 atom stereocenters. The standard InChI is InChI=1S/C14H22N4S/c1-9-11(15-2)17-13(10-4-5-10)18-12(9)16-8-14(19-3)6-7-14/h10H,4-8H2,1-3H3,(H2,15,16,17,18). The van der Waals surface area contributed by atoms with Gasteiger partial charge in [-0.05, 0) is 38.9 Å². The summed E-state index contributed by atoms with van der Waals surface area (Å²) in [5.74, 6) is 3.57. The highest BCUT2D eigenvalue weighted by Crippen LogP contribution is 2.47. The Bertz CT molecular complexity index is 481. The molecule has 0 unspecified atom stereocenters. The quantitative estimate of drug-likeness (QED) is 0.837. The maximum absolute atomic E-state index is 4.74. The van der Waals surface area contributed by atoms with Gasteiger partial charge >= 0.3 is 0 Å². The Morgan fingerprint density at radius 3 is 2.47 bits per heavy atom. The molecule has 2 aliphatic carbocycles. The van der Waals surface area contributed by atoms with Crippen LogP contribution in [-0.2, 0) is 0 Å². The van der Waals surface area contributed by atoms with Crippen molar-refractivity contribution in [2.75, 3.05) is 30.5 Å². The molecule has 2 N–H and O–H groups in total. The molecule has 2 aliphatic rings. The lowest BCUT2D eigenvalue weighted by molar-refractivity contribution is 0.892. The molecule has 0 aliphatic heterocycles. The number of anilines is 2. The number of thioether (sulfide) groups is 1. The summed E-state index contributed by atoms with van der Waals surface area (Å²) < 4.78 is 0.455. The molecule has 2 fully saturated rings. The lowest BCUT2D eigenvalue weighted by Gasteiger charge is -2.17. The van der Waals surface area contributed by atoms with Crippen LogP contribution in [0.15, 0.2) is 0 Å². The molecule has 104 valence electrons.